The van der Waals surface area contributed by atoms with Crippen LogP contribution in [-0.4, -0.2) is 48.0 Å². The number of piperidine rings is 1. The first kappa shape index (κ1) is 17.9. The number of rotatable bonds is 5. The molecule has 6 nitrogen and oxygen atoms in total. The van der Waals surface area contributed by atoms with Crippen molar-refractivity contribution in [1.82, 2.24) is 20.4 Å². The highest BCUT2D eigenvalue weighted by Crippen LogP contribution is 2.15. The SMILES string of the molecule is COC(C)(C)CNC(=O)c1ccn(C2CCCNC2)n1.Cl. The first-order valence-corrected chi connectivity index (χ1v) is 7.11. The predicted octanol–water partition coefficient (Wildman–Crippen LogP) is 1.38. The van der Waals surface area contributed by atoms with Gasteiger partial charge in [0.25, 0.3) is 5.91 Å². The molecule has 21 heavy (non-hydrogen) atoms. The summed E-state index contributed by atoms with van der Waals surface area (Å²) < 4.78 is 7.17. The van der Waals surface area contributed by atoms with E-state index in [0.717, 1.165) is 25.9 Å². The molecule has 1 saturated heterocycles. The summed E-state index contributed by atoms with van der Waals surface area (Å²) >= 11 is 0. The lowest BCUT2D eigenvalue weighted by molar-refractivity contribution is 0.0228. The number of ether oxygens (including phenoxy) is 1. The lowest BCUT2D eigenvalue weighted by atomic mass is 10.1. The average molecular weight is 317 g/mol. The first-order valence-electron chi connectivity index (χ1n) is 7.11. The molecule has 0 aromatic carbocycles. The van der Waals surface area contributed by atoms with Crippen molar-refractivity contribution >= 4 is 18.3 Å². The van der Waals surface area contributed by atoms with E-state index in [-0.39, 0.29) is 23.9 Å². The summed E-state index contributed by atoms with van der Waals surface area (Å²) in [5.41, 5.74) is 0.0911. The van der Waals surface area contributed by atoms with Gasteiger partial charge in [-0.1, -0.05) is 0 Å². The number of halogens is 1. The van der Waals surface area contributed by atoms with E-state index in [4.69, 9.17) is 4.74 Å². The van der Waals surface area contributed by atoms with Gasteiger partial charge in [-0.05, 0) is 39.3 Å². The minimum atomic E-state index is -0.370. The number of carbonyl (C=O) groups is 1. The van der Waals surface area contributed by atoms with E-state index in [9.17, 15) is 4.79 Å². The van der Waals surface area contributed by atoms with Gasteiger partial charge in [-0.15, -0.1) is 12.4 Å². The predicted molar refractivity (Wildman–Crippen MR) is 84.0 cm³/mol. The molecule has 1 fully saturated rings. The Morgan fingerprint density at radius 2 is 2.38 bits per heavy atom. The van der Waals surface area contributed by atoms with E-state index in [1.54, 1.807) is 13.2 Å². The molecule has 0 saturated carbocycles. The lowest BCUT2D eigenvalue weighted by Crippen LogP contribution is -2.40. The largest absolute Gasteiger partial charge is 0.377 e. The number of methoxy groups -OCH3 is 1. The smallest absolute Gasteiger partial charge is 0.271 e. The third kappa shape index (κ3) is 4.98. The number of nitrogens with zero attached hydrogens (tertiary/aromatic N) is 2. The van der Waals surface area contributed by atoms with Gasteiger partial charge in [0, 0.05) is 26.4 Å². The van der Waals surface area contributed by atoms with Crippen LogP contribution in [0.25, 0.3) is 0 Å². The van der Waals surface area contributed by atoms with Crippen molar-refractivity contribution in [2.45, 2.75) is 38.3 Å². The Morgan fingerprint density at radius 1 is 1.62 bits per heavy atom. The molecular weight excluding hydrogens is 292 g/mol. The molecule has 1 amide bonds. The van der Waals surface area contributed by atoms with Gasteiger partial charge < -0.3 is 15.4 Å². The monoisotopic (exact) mass is 316 g/mol. The molecule has 1 aromatic rings. The number of hydrogen-bond donors (Lipinski definition) is 2. The second-order valence-corrected chi connectivity index (χ2v) is 5.83. The van der Waals surface area contributed by atoms with E-state index < -0.39 is 0 Å². The minimum absolute atomic E-state index is 0. The van der Waals surface area contributed by atoms with Crippen LogP contribution in [0.2, 0.25) is 0 Å². The van der Waals surface area contributed by atoms with Crippen LogP contribution in [0, 0.1) is 0 Å². The summed E-state index contributed by atoms with van der Waals surface area (Å²) in [7, 11) is 1.64. The van der Waals surface area contributed by atoms with E-state index in [2.05, 4.69) is 15.7 Å². The molecule has 0 radical (unpaired) electrons. The number of aromatic nitrogens is 2. The van der Waals surface area contributed by atoms with Gasteiger partial charge in [0.2, 0.25) is 0 Å². The van der Waals surface area contributed by atoms with Crippen LogP contribution in [0.1, 0.15) is 43.2 Å². The lowest BCUT2D eigenvalue weighted by Gasteiger charge is -2.23. The normalized spacial score (nSPS) is 18.9. The third-order valence-corrected chi connectivity index (χ3v) is 3.71. The molecule has 2 rings (SSSR count). The van der Waals surface area contributed by atoms with E-state index in [1.807, 2.05) is 24.7 Å². The van der Waals surface area contributed by atoms with Crippen LogP contribution in [0.3, 0.4) is 0 Å². The topological polar surface area (TPSA) is 68.2 Å². The van der Waals surface area contributed by atoms with Crippen molar-refractivity contribution in [3.63, 3.8) is 0 Å². The van der Waals surface area contributed by atoms with Gasteiger partial charge in [-0.25, -0.2) is 0 Å². The number of amides is 1. The van der Waals surface area contributed by atoms with Crippen molar-refractivity contribution < 1.29 is 9.53 Å². The van der Waals surface area contributed by atoms with Crippen LogP contribution in [0.5, 0.6) is 0 Å². The molecule has 1 unspecified atom stereocenters. The quantitative estimate of drug-likeness (QED) is 0.861. The molecule has 1 aliphatic heterocycles. The van der Waals surface area contributed by atoms with E-state index >= 15 is 0 Å². The van der Waals surface area contributed by atoms with Gasteiger partial charge in [0.1, 0.15) is 5.69 Å². The first-order chi connectivity index (χ1) is 9.52. The summed E-state index contributed by atoms with van der Waals surface area (Å²) in [5, 5.41) is 10.6. The number of carbonyl (C=O) groups excluding carboxylic acids is 1. The summed E-state index contributed by atoms with van der Waals surface area (Å²) in [5.74, 6) is -0.155. The second-order valence-electron chi connectivity index (χ2n) is 5.83. The summed E-state index contributed by atoms with van der Waals surface area (Å²) in [4.78, 5) is 12.0. The highest BCUT2D eigenvalue weighted by Gasteiger charge is 2.20. The van der Waals surface area contributed by atoms with Gasteiger partial charge >= 0.3 is 0 Å². The molecule has 0 bridgehead atoms. The Balaban J connectivity index is 0.00000220. The zero-order valence-electron chi connectivity index (χ0n) is 12.9. The number of hydrogen-bond acceptors (Lipinski definition) is 4. The zero-order valence-corrected chi connectivity index (χ0v) is 13.7. The standard InChI is InChI=1S/C14H24N4O2.ClH/c1-14(2,20-3)10-16-13(19)12-6-8-18(17-12)11-5-4-7-15-9-11;/h6,8,11,15H,4-5,7,9-10H2,1-3H3,(H,16,19);1H. The Kier molecular flexibility index (Phi) is 6.64. The molecule has 1 aromatic heterocycles. The van der Waals surface area contributed by atoms with Gasteiger partial charge in [-0.3, -0.25) is 9.48 Å². The average Bonchev–Trinajstić information content (AvgIpc) is 2.96. The molecule has 2 heterocycles. The molecular formula is C14H25ClN4O2. The van der Waals surface area contributed by atoms with Crippen molar-refractivity contribution in [2.24, 2.45) is 0 Å². The van der Waals surface area contributed by atoms with Crippen LogP contribution in [0.4, 0.5) is 0 Å². The van der Waals surface area contributed by atoms with Gasteiger partial charge in [0.15, 0.2) is 0 Å². The maximum Gasteiger partial charge on any atom is 0.271 e. The molecule has 1 atom stereocenters. The zero-order chi connectivity index (χ0) is 14.6. The highest BCUT2D eigenvalue weighted by molar-refractivity contribution is 5.92. The second kappa shape index (κ2) is 7.77. The summed E-state index contributed by atoms with van der Waals surface area (Å²) in [6.07, 6.45) is 4.13. The summed E-state index contributed by atoms with van der Waals surface area (Å²) in [6.45, 7) is 6.30. The van der Waals surface area contributed by atoms with Crippen LogP contribution in [-0.2, 0) is 4.74 Å². The van der Waals surface area contributed by atoms with Crippen molar-refractivity contribution in [1.29, 1.82) is 0 Å². The Hall–Kier alpha value is -1.11. The maximum absolute atomic E-state index is 12.0. The van der Waals surface area contributed by atoms with E-state index in [0.29, 0.717) is 18.3 Å². The summed E-state index contributed by atoms with van der Waals surface area (Å²) in [6, 6.07) is 2.12. The van der Waals surface area contributed by atoms with Gasteiger partial charge in [0.05, 0.1) is 11.6 Å². The number of nitrogens with one attached hydrogen (secondary N) is 2. The molecule has 7 heteroatoms. The van der Waals surface area contributed by atoms with Crippen molar-refractivity contribution in [3.8, 4) is 0 Å². The maximum atomic E-state index is 12.0. The van der Waals surface area contributed by atoms with Crippen molar-refractivity contribution in [2.75, 3.05) is 26.7 Å². The Labute approximate surface area is 132 Å². The van der Waals surface area contributed by atoms with Crippen LogP contribution in [0.15, 0.2) is 12.3 Å². The molecule has 1 aliphatic rings. The Bertz CT molecular complexity index is 456. The fourth-order valence-electron chi connectivity index (χ4n) is 2.18. The molecule has 2 N–H and O–H groups in total. The fourth-order valence-corrected chi connectivity index (χ4v) is 2.18. The van der Waals surface area contributed by atoms with Crippen LogP contribution < -0.4 is 10.6 Å². The highest BCUT2D eigenvalue weighted by atomic mass is 35.5. The van der Waals surface area contributed by atoms with Crippen molar-refractivity contribution in [3.05, 3.63) is 18.0 Å². The fraction of sp³-hybridized carbons (Fsp3) is 0.714. The third-order valence-electron chi connectivity index (χ3n) is 3.71. The van der Waals surface area contributed by atoms with Crippen LogP contribution >= 0.6 is 12.4 Å². The molecule has 120 valence electrons. The van der Waals surface area contributed by atoms with E-state index in [1.165, 1.54) is 0 Å². The Morgan fingerprint density at radius 3 is 3.00 bits per heavy atom. The van der Waals surface area contributed by atoms with Gasteiger partial charge in [-0.2, -0.15) is 5.10 Å². The minimum Gasteiger partial charge on any atom is -0.377 e. The molecule has 0 spiro atoms. The molecule has 0 aliphatic carbocycles.